The molecule has 2 aliphatic rings. The van der Waals surface area contributed by atoms with Crippen molar-refractivity contribution in [1.82, 2.24) is 4.90 Å². The van der Waals surface area contributed by atoms with Gasteiger partial charge in [-0.05, 0) is 19.3 Å². The fraction of sp³-hybridized carbons (Fsp3) is 0.917. The zero-order valence-electron chi connectivity index (χ0n) is 10.7. The van der Waals surface area contributed by atoms with Gasteiger partial charge in [-0.1, -0.05) is 13.8 Å². The van der Waals surface area contributed by atoms with E-state index in [9.17, 15) is 4.79 Å². The van der Waals surface area contributed by atoms with E-state index in [0.29, 0.717) is 5.91 Å². The summed E-state index contributed by atoms with van der Waals surface area (Å²) < 4.78 is 5.05. The number of nitrogens with zero attached hydrogens (tertiary/aromatic N) is 1. The van der Waals surface area contributed by atoms with Crippen molar-refractivity contribution < 1.29 is 14.6 Å². The van der Waals surface area contributed by atoms with Gasteiger partial charge in [-0.15, -0.1) is 0 Å². The molecule has 1 N–H and O–H groups in total. The number of carbonyl (C=O) groups is 1. The lowest BCUT2D eigenvalue weighted by Gasteiger charge is -2.03. The molecule has 96 valence electrons. The monoisotopic (exact) mass is 231 g/mol. The lowest BCUT2D eigenvalue weighted by atomic mass is 10.2. The van der Waals surface area contributed by atoms with Gasteiger partial charge in [0, 0.05) is 26.6 Å². The van der Waals surface area contributed by atoms with Crippen LogP contribution in [-0.2, 0) is 9.53 Å². The van der Waals surface area contributed by atoms with Crippen LogP contribution in [0.4, 0.5) is 0 Å². The molecule has 2 aliphatic heterocycles. The Labute approximate surface area is 98.6 Å². The maximum Gasteiger partial charge on any atom is 0.222 e. The maximum absolute atomic E-state index is 10.5. The van der Waals surface area contributed by atoms with E-state index in [-0.39, 0.29) is 12.7 Å². The van der Waals surface area contributed by atoms with Crippen molar-refractivity contribution in [3.8, 4) is 0 Å². The van der Waals surface area contributed by atoms with Crippen LogP contribution in [-0.4, -0.2) is 48.8 Å². The number of aliphatic hydroxyl groups excluding tert-OH is 1. The van der Waals surface area contributed by atoms with E-state index >= 15 is 0 Å². The molecule has 2 heterocycles. The minimum absolute atomic E-state index is 0.153. The number of amides is 1. The largest absolute Gasteiger partial charge is 0.394 e. The Morgan fingerprint density at radius 1 is 1.44 bits per heavy atom. The van der Waals surface area contributed by atoms with Gasteiger partial charge >= 0.3 is 0 Å². The third-order valence-electron chi connectivity index (χ3n) is 2.54. The van der Waals surface area contributed by atoms with Crippen molar-refractivity contribution in [2.75, 3.05) is 26.8 Å². The molecule has 0 aromatic heterocycles. The third-order valence-corrected chi connectivity index (χ3v) is 2.54. The highest BCUT2D eigenvalue weighted by molar-refractivity contribution is 5.77. The van der Waals surface area contributed by atoms with E-state index in [2.05, 4.69) is 0 Å². The Morgan fingerprint density at radius 3 is 2.31 bits per heavy atom. The van der Waals surface area contributed by atoms with Gasteiger partial charge in [0.2, 0.25) is 5.91 Å². The fourth-order valence-corrected chi connectivity index (χ4v) is 1.57. The summed E-state index contributed by atoms with van der Waals surface area (Å²) in [5.41, 5.74) is 0. The molecule has 1 atom stereocenters. The maximum atomic E-state index is 10.5. The Hall–Kier alpha value is -0.610. The first kappa shape index (κ1) is 15.4. The number of carbonyl (C=O) groups excluding carboxylic acids is 1. The summed E-state index contributed by atoms with van der Waals surface area (Å²) in [5, 5.41) is 8.44. The molecule has 2 rings (SSSR count). The smallest absolute Gasteiger partial charge is 0.222 e. The number of rotatable bonds is 1. The van der Waals surface area contributed by atoms with Crippen LogP contribution in [0.5, 0.6) is 0 Å². The van der Waals surface area contributed by atoms with Crippen molar-refractivity contribution in [3.63, 3.8) is 0 Å². The van der Waals surface area contributed by atoms with Crippen molar-refractivity contribution in [1.29, 1.82) is 0 Å². The predicted octanol–water partition coefficient (Wildman–Crippen LogP) is 1.42. The molecule has 4 nitrogen and oxygen atoms in total. The molecule has 0 aromatic rings. The van der Waals surface area contributed by atoms with Crippen LogP contribution in [0.2, 0.25) is 0 Å². The molecule has 0 radical (unpaired) electrons. The van der Waals surface area contributed by atoms with Crippen molar-refractivity contribution >= 4 is 5.91 Å². The second-order valence-electron chi connectivity index (χ2n) is 3.74. The van der Waals surface area contributed by atoms with Crippen molar-refractivity contribution in [2.45, 2.75) is 45.6 Å². The molecule has 16 heavy (non-hydrogen) atoms. The quantitative estimate of drug-likeness (QED) is 0.742. The van der Waals surface area contributed by atoms with Crippen LogP contribution in [0, 0.1) is 0 Å². The molecule has 0 aliphatic carbocycles. The van der Waals surface area contributed by atoms with Crippen molar-refractivity contribution in [2.24, 2.45) is 0 Å². The third kappa shape index (κ3) is 6.08. The molecule has 4 heteroatoms. The summed E-state index contributed by atoms with van der Waals surface area (Å²) in [4.78, 5) is 12.3. The van der Waals surface area contributed by atoms with Gasteiger partial charge in [0.1, 0.15) is 0 Å². The minimum atomic E-state index is 0.153. The highest BCUT2D eigenvalue weighted by atomic mass is 16.5. The topological polar surface area (TPSA) is 49.8 Å². The molecular weight excluding hydrogens is 206 g/mol. The molecule has 0 spiro atoms. The zero-order valence-corrected chi connectivity index (χ0v) is 10.7. The fourth-order valence-electron chi connectivity index (χ4n) is 1.57. The summed E-state index contributed by atoms with van der Waals surface area (Å²) in [7, 11) is 1.84. The second kappa shape index (κ2) is 9.60. The van der Waals surface area contributed by atoms with E-state index in [1.54, 1.807) is 4.90 Å². The molecule has 2 saturated heterocycles. The van der Waals surface area contributed by atoms with Crippen LogP contribution in [0.25, 0.3) is 0 Å². The number of aliphatic hydroxyl groups is 1. The van der Waals surface area contributed by atoms with Crippen molar-refractivity contribution in [3.05, 3.63) is 0 Å². The van der Waals surface area contributed by atoms with E-state index in [1.165, 1.54) is 0 Å². The lowest BCUT2D eigenvalue weighted by Crippen LogP contribution is -2.17. The average Bonchev–Trinajstić information content (AvgIpc) is 2.95. The van der Waals surface area contributed by atoms with Gasteiger partial charge in [0.05, 0.1) is 12.7 Å². The second-order valence-corrected chi connectivity index (χ2v) is 3.74. The van der Waals surface area contributed by atoms with E-state index in [4.69, 9.17) is 9.84 Å². The molecule has 1 amide bonds. The highest BCUT2D eigenvalue weighted by Gasteiger charge is 2.14. The Morgan fingerprint density at radius 2 is 2.12 bits per heavy atom. The first-order valence-electron chi connectivity index (χ1n) is 6.20. The summed E-state index contributed by atoms with van der Waals surface area (Å²) in [6, 6.07) is 0. The normalized spacial score (nSPS) is 23.4. The summed E-state index contributed by atoms with van der Waals surface area (Å²) in [6.07, 6.45) is 4.12. The van der Waals surface area contributed by atoms with Crippen LogP contribution >= 0.6 is 0 Å². The van der Waals surface area contributed by atoms with E-state index in [0.717, 1.165) is 38.8 Å². The van der Waals surface area contributed by atoms with Gasteiger partial charge in [0.15, 0.2) is 0 Å². The van der Waals surface area contributed by atoms with Gasteiger partial charge in [0.25, 0.3) is 0 Å². The van der Waals surface area contributed by atoms with Crippen LogP contribution in [0.15, 0.2) is 0 Å². The molecular formula is C12H25NO3. The first-order chi connectivity index (χ1) is 7.74. The zero-order chi connectivity index (χ0) is 12.4. The summed E-state index contributed by atoms with van der Waals surface area (Å²) >= 11 is 0. The first-order valence-corrected chi connectivity index (χ1v) is 6.20. The van der Waals surface area contributed by atoms with Gasteiger partial charge < -0.3 is 14.7 Å². The summed E-state index contributed by atoms with van der Waals surface area (Å²) in [5.74, 6) is 0.292. The standard InChI is InChI=1S/C5H9NO.C5H10O2.C2H6/c1-6-4-2-3-5(6)7;6-4-5-2-1-3-7-5;1-2/h2-4H2,1H3;5-6H,1-4H2;1-2H3. The van der Waals surface area contributed by atoms with Crippen LogP contribution in [0.3, 0.4) is 0 Å². The van der Waals surface area contributed by atoms with Crippen LogP contribution in [0.1, 0.15) is 39.5 Å². The van der Waals surface area contributed by atoms with E-state index < -0.39 is 0 Å². The molecule has 0 saturated carbocycles. The predicted molar refractivity (Wildman–Crippen MR) is 64.3 cm³/mol. The SMILES string of the molecule is CC.CN1CCCC1=O.OCC1CCCO1. The number of hydrogen-bond donors (Lipinski definition) is 1. The Balaban J connectivity index is 0.000000244. The number of ether oxygens (including phenoxy) is 1. The molecule has 0 bridgehead atoms. The van der Waals surface area contributed by atoms with Gasteiger partial charge in [-0.2, -0.15) is 0 Å². The molecule has 1 unspecified atom stereocenters. The van der Waals surface area contributed by atoms with Gasteiger partial charge in [-0.25, -0.2) is 0 Å². The Bertz CT molecular complexity index is 179. The number of likely N-dealkylation sites (tertiary alicyclic amines) is 1. The Kier molecular flexibility index (Phi) is 9.24. The van der Waals surface area contributed by atoms with Crippen LogP contribution < -0.4 is 0 Å². The molecule has 0 aromatic carbocycles. The summed E-state index contributed by atoms with van der Waals surface area (Å²) in [6.45, 7) is 5.99. The minimum Gasteiger partial charge on any atom is -0.394 e. The molecule has 2 fully saturated rings. The lowest BCUT2D eigenvalue weighted by molar-refractivity contribution is -0.126. The highest BCUT2D eigenvalue weighted by Crippen LogP contribution is 2.09. The average molecular weight is 231 g/mol. The van der Waals surface area contributed by atoms with Gasteiger partial charge in [-0.3, -0.25) is 4.79 Å². The van der Waals surface area contributed by atoms with E-state index in [1.807, 2.05) is 20.9 Å². The number of hydrogen-bond acceptors (Lipinski definition) is 3.